The lowest BCUT2D eigenvalue weighted by Gasteiger charge is -2.38. The highest BCUT2D eigenvalue weighted by Crippen LogP contribution is 2.47. The molecule has 1 spiro atoms. The lowest BCUT2D eigenvalue weighted by atomic mass is 9.68. The van der Waals surface area contributed by atoms with Gasteiger partial charge in [0.15, 0.2) is 5.96 Å². The van der Waals surface area contributed by atoms with E-state index in [-0.39, 0.29) is 30.0 Å². The second-order valence-electron chi connectivity index (χ2n) is 7.39. The minimum atomic E-state index is -3.11. The lowest BCUT2D eigenvalue weighted by Crippen LogP contribution is -2.43. The van der Waals surface area contributed by atoms with E-state index in [2.05, 4.69) is 17.1 Å². The molecule has 6 nitrogen and oxygen atoms in total. The molecule has 0 bridgehead atoms. The van der Waals surface area contributed by atoms with Crippen LogP contribution in [-0.4, -0.2) is 68.6 Å². The molecule has 0 unspecified atom stereocenters. The van der Waals surface area contributed by atoms with Crippen molar-refractivity contribution in [2.24, 2.45) is 10.4 Å². The highest BCUT2D eigenvalue weighted by atomic mass is 127. The minimum absolute atomic E-state index is 0. The Hall–Kier alpha value is -0.0900. The summed E-state index contributed by atoms with van der Waals surface area (Å²) in [5, 5.41) is 3.40. The topological polar surface area (TPSA) is 65.0 Å². The Bertz CT molecular complexity index is 562. The Kier molecular flexibility index (Phi) is 6.80. The molecular formula is C16H31IN4O2S. The zero-order valence-electron chi connectivity index (χ0n) is 14.8. The number of rotatable bonds is 4. The first-order valence-electron chi connectivity index (χ1n) is 8.94. The van der Waals surface area contributed by atoms with Gasteiger partial charge in [0, 0.05) is 32.2 Å². The van der Waals surface area contributed by atoms with E-state index in [0.29, 0.717) is 18.5 Å². The van der Waals surface area contributed by atoms with Crippen molar-refractivity contribution in [2.75, 3.05) is 39.0 Å². The largest absolute Gasteiger partial charge is 0.357 e. The van der Waals surface area contributed by atoms with Gasteiger partial charge in [0.2, 0.25) is 10.0 Å². The standard InChI is InChI=1S/C16H30N4O2S.HI/c1-3-17-15(19-11-9-16(13-19)7-5-8-16)18-12-14-6-4-10-20(14)23(2,21)22;/h14H,3-13H2,1-2H3,(H,17,18);1H/t14-;/m1./s1. The number of hydrogen-bond donors (Lipinski definition) is 1. The van der Waals surface area contributed by atoms with E-state index < -0.39 is 10.0 Å². The molecule has 140 valence electrons. The summed E-state index contributed by atoms with van der Waals surface area (Å²) in [5.74, 6) is 0.969. The van der Waals surface area contributed by atoms with Crippen LogP contribution < -0.4 is 5.32 Å². The fraction of sp³-hybridized carbons (Fsp3) is 0.938. The predicted molar refractivity (Wildman–Crippen MR) is 108 cm³/mol. The van der Waals surface area contributed by atoms with Gasteiger partial charge in [0.05, 0.1) is 12.8 Å². The van der Waals surface area contributed by atoms with Crippen molar-refractivity contribution in [3.63, 3.8) is 0 Å². The fourth-order valence-electron chi connectivity index (χ4n) is 4.25. The summed E-state index contributed by atoms with van der Waals surface area (Å²) in [6.07, 6.45) is 8.52. The molecule has 24 heavy (non-hydrogen) atoms. The number of hydrogen-bond acceptors (Lipinski definition) is 3. The van der Waals surface area contributed by atoms with Crippen LogP contribution in [0.5, 0.6) is 0 Å². The Morgan fingerprint density at radius 1 is 1.25 bits per heavy atom. The molecule has 1 saturated carbocycles. The summed E-state index contributed by atoms with van der Waals surface area (Å²) in [5.41, 5.74) is 0.544. The first-order valence-corrected chi connectivity index (χ1v) is 10.8. The van der Waals surface area contributed by atoms with Gasteiger partial charge in [0.25, 0.3) is 0 Å². The van der Waals surface area contributed by atoms with E-state index in [1.807, 2.05) is 0 Å². The monoisotopic (exact) mass is 470 g/mol. The maximum Gasteiger partial charge on any atom is 0.211 e. The molecule has 2 aliphatic heterocycles. The third kappa shape index (κ3) is 4.35. The second kappa shape index (κ2) is 8.07. The SMILES string of the molecule is CCNC(=NC[C@H]1CCCN1S(C)(=O)=O)N1CCC2(CCC2)C1.I. The van der Waals surface area contributed by atoms with Gasteiger partial charge in [-0.15, -0.1) is 24.0 Å². The van der Waals surface area contributed by atoms with Gasteiger partial charge in [-0.3, -0.25) is 4.99 Å². The van der Waals surface area contributed by atoms with Crippen LogP contribution in [0.2, 0.25) is 0 Å². The van der Waals surface area contributed by atoms with Crippen LogP contribution in [0.4, 0.5) is 0 Å². The van der Waals surface area contributed by atoms with Crippen LogP contribution in [0.1, 0.15) is 45.4 Å². The van der Waals surface area contributed by atoms with Gasteiger partial charge in [-0.2, -0.15) is 4.31 Å². The van der Waals surface area contributed by atoms with Crippen molar-refractivity contribution in [1.82, 2.24) is 14.5 Å². The van der Waals surface area contributed by atoms with E-state index >= 15 is 0 Å². The highest BCUT2D eigenvalue weighted by molar-refractivity contribution is 14.0. The summed E-state index contributed by atoms with van der Waals surface area (Å²) in [7, 11) is -3.11. The van der Waals surface area contributed by atoms with Crippen molar-refractivity contribution in [2.45, 2.75) is 51.5 Å². The number of halogens is 1. The van der Waals surface area contributed by atoms with Crippen molar-refractivity contribution in [1.29, 1.82) is 0 Å². The number of aliphatic imine (C=N–C) groups is 1. The Labute approximate surface area is 163 Å². The normalized spacial score (nSPS) is 27.2. The van der Waals surface area contributed by atoms with Gasteiger partial charge < -0.3 is 10.2 Å². The molecule has 0 aromatic rings. The van der Waals surface area contributed by atoms with Crippen LogP contribution in [0, 0.1) is 5.41 Å². The number of nitrogens with one attached hydrogen (secondary N) is 1. The Balaban J connectivity index is 0.00000208. The van der Waals surface area contributed by atoms with Crippen LogP contribution >= 0.6 is 24.0 Å². The number of likely N-dealkylation sites (tertiary alicyclic amines) is 1. The molecule has 0 amide bonds. The number of nitrogens with zero attached hydrogens (tertiary/aromatic N) is 3. The zero-order chi connectivity index (χ0) is 16.5. The molecule has 2 heterocycles. The van der Waals surface area contributed by atoms with Crippen molar-refractivity contribution in [3.05, 3.63) is 0 Å². The summed E-state index contributed by atoms with van der Waals surface area (Å²) in [4.78, 5) is 7.17. The summed E-state index contributed by atoms with van der Waals surface area (Å²) in [6.45, 7) is 6.33. The molecule has 3 fully saturated rings. The number of guanidine groups is 1. The molecule has 2 saturated heterocycles. The van der Waals surface area contributed by atoms with Crippen LogP contribution in [0.15, 0.2) is 4.99 Å². The van der Waals surface area contributed by atoms with E-state index in [0.717, 1.165) is 38.4 Å². The Morgan fingerprint density at radius 2 is 2.00 bits per heavy atom. The molecule has 1 atom stereocenters. The van der Waals surface area contributed by atoms with E-state index in [4.69, 9.17) is 4.99 Å². The van der Waals surface area contributed by atoms with Crippen LogP contribution in [0.3, 0.4) is 0 Å². The van der Waals surface area contributed by atoms with Gasteiger partial charge in [-0.25, -0.2) is 8.42 Å². The van der Waals surface area contributed by atoms with Crippen molar-refractivity contribution in [3.8, 4) is 0 Å². The smallest absolute Gasteiger partial charge is 0.211 e. The van der Waals surface area contributed by atoms with Crippen LogP contribution in [0.25, 0.3) is 0 Å². The second-order valence-corrected chi connectivity index (χ2v) is 9.32. The van der Waals surface area contributed by atoms with Gasteiger partial charge in [-0.1, -0.05) is 6.42 Å². The lowest BCUT2D eigenvalue weighted by molar-refractivity contribution is 0.151. The van der Waals surface area contributed by atoms with Crippen molar-refractivity contribution >= 4 is 40.0 Å². The highest BCUT2D eigenvalue weighted by Gasteiger charge is 2.43. The molecule has 8 heteroatoms. The maximum absolute atomic E-state index is 11.9. The molecule has 1 N–H and O–H groups in total. The maximum atomic E-state index is 11.9. The quantitative estimate of drug-likeness (QED) is 0.387. The van der Waals surface area contributed by atoms with Gasteiger partial charge in [0.1, 0.15) is 0 Å². The third-order valence-corrected chi connectivity index (χ3v) is 7.02. The van der Waals surface area contributed by atoms with E-state index in [1.165, 1.54) is 31.9 Å². The summed E-state index contributed by atoms with van der Waals surface area (Å²) >= 11 is 0. The third-order valence-electron chi connectivity index (χ3n) is 5.69. The summed E-state index contributed by atoms with van der Waals surface area (Å²) in [6, 6.07) is 0.0268. The van der Waals surface area contributed by atoms with E-state index in [9.17, 15) is 8.42 Å². The Morgan fingerprint density at radius 3 is 2.54 bits per heavy atom. The predicted octanol–water partition coefficient (Wildman–Crippen LogP) is 1.87. The molecule has 0 aromatic carbocycles. The molecule has 1 aliphatic carbocycles. The minimum Gasteiger partial charge on any atom is -0.357 e. The average Bonchev–Trinajstić information content (AvgIpc) is 3.09. The van der Waals surface area contributed by atoms with Crippen LogP contribution in [-0.2, 0) is 10.0 Å². The molecule has 3 rings (SSSR count). The molecule has 0 radical (unpaired) electrons. The van der Waals surface area contributed by atoms with Crippen molar-refractivity contribution < 1.29 is 8.42 Å². The first-order chi connectivity index (χ1) is 10.9. The molecule has 0 aromatic heterocycles. The summed E-state index contributed by atoms with van der Waals surface area (Å²) < 4.78 is 25.3. The fourth-order valence-corrected chi connectivity index (χ4v) is 5.42. The first kappa shape index (κ1) is 20.2. The number of sulfonamides is 1. The van der Waals surface area contributed by atoms with E-state index in [1.54, 1.807) is 4.31 Å². The molecule has 3 aliphatic rings. The van der Waals surface area contributed by atoms with Gasteiger partial charge in [-0.05, 0) is 44.4 Å². The average molecular weight is 470 g/mol. The van der Waals surface area contributed by atoms with Gasteiger partial charge >= 0.3 is 0 Å². The molecular weight excluding hydrogens is 439 g/mol. The zero-order valence-corrected chi connectivity index (χ0v) is 18.0.